The van der Waals surface area contributed by atoms with E-state index in [2.05, 4.69) is 10.3 Å². The van der Waals surface area contributed by atoms with Crippen molar-refractivity contribution in [1.82, 2.24) is 4.98 Å². The number of aldehydes is 1. The molecule has 0 radical (unpaired) electrons. The van der Waals surface area contributed by atoms with Crippen LogP contribution in [0.4, 0.5) is 17.2 Å². The van der Waals surface area contributed by atoms with Gasteiger partial charge in [-0.1, -0.05) is 12.1 Å². The number of benzene rings is 1. The molecule has 3 N–H and O–H groups in total. The largest absolute Gasteiger partial charge is 0.390 e. The maximum atomic E-state index is 11.2. The third-order valence-corrected chi connectivity index (χ3v) is 3.41. The standard InChI is InChI=1S/C16H17N3O5/c1-10(21)15(22)12-2-4-13(5-3-12)18-16-14(19(23)24)8-11(6-7-20)9-17-16/h2-5,7-10,15,21-22H,6H2,1H3,(H,17,18). The van der Waals surface area contributed by atoms with Gasteiger partial charge in [-0.25, -0.2) is 4.98 Å². The highest BCUT2D eigenvalue weighted by Gasteiger charge is 2.17. The Labute approximate surface area is 137 Å². The number of carbonyl (C=O) groups excluding carboxylic acids is 1. The van der Waals surface area contributed by atoms with Gasteiger partial charge in [0, 0.05) is 24.4 Å². The molecule has 0 spiro atoms. The number of anilines is 2. The van der Waals surface area contributed by atoms with Gasteiger partial charge in [0.2, 0.25) is 5.82 Å². The third kappa shape index (κ3) is 4.12. The van der Waals surface area contributed by atoms with Crippen molar-refractivity contribution in [2.45, 2.75) is 25.6 Å². The van der Waals surface area contributed by atoms with E-state index in [9.17, 15) is 25.1 Å². The Hall–Kier alpha value is -2.84. The topological polar surface area (TPSA) is 126 Å². The molecule has 0 aliphatic rings. The van der Waals surface area contributed by atoms with Crippen LogP contribution in [0.25, 0.3) is 0 Å². The van der Waals surface area contributed by atoms with Crippen molar-refractivity contribution in [2.24, 2.45) is 0 Å². The molecule has 0 amide bonds. The number of aliphatic hydroxyl groups is 2. The average Bonchev–Trinajstić information content (AvgIpc) is 2.56. The molecule has 1 aromatic carbocycles. The molecule has 2 atom stereocenters. The molecule has 0 bridgehead atoms. The molecule has 126 valence electrons. The van der Waals surface area contributed by atoms with Crippen LogP contribution >= 0.6 is 0 Å². The third-order valence-electron chi connectivity index (χ3n) is 3.41. The zero-order chi connectivity index (χ0) is 17.7. The lowest BCUT2D eigenvalue weighted by Crippen LogP contribution is -2.13. The van der Waals surface area contributed by atoms with Gasteiger partial charge in [-0.2, -0.15) is 0 Å². The first-order valence-electron chi connectivity index (χ1n) is 7.22. The lowest BCUT2D eigenvalue weighted by molar-refractivity contribution is -0.384. The number of rotatable bonds is 7. The molecule has 8 nitrogen and oxygen atoms in total. The predicted molar refractivity (Wildman–Crippen MR) is 87.0 cm³/mol. The first-order chi connectivity index (χ1) is 11.4. The number of aliphatic hydroxyl groups excluding tert-OH is 2. The van der Waals surface area contributed by atoms with Crippen molar-refractivity contribution < 1.29 is 19.9 Å². The Morgan fingerprint density at radius 2 is 2.00 bits per heavy atom. The number of carbonyl (C=O) groups is 1. The maximum Gasteiger partial charge on any atom is 0.312 e. The summed E-state index contributed by atoms with van der Waals surface area (Å²) in [4.78, 5) is 25.1. The highest BCUT2D eigenvalue weighted by atomic mass is 16.6. The van der Waals surface area contributed by atoms with Crippen LogP contribution in [0.2, 0.25) is 0 Å². The van der Waals surface area contributed by atoms with E-state index < -0.39 is 17.1 Å². The molecular weight excluding hydrogens is 314 g/mol. The van der Waals surface area contributed by atoms with E-state index in [-0.39, 0.29) is 17.9 Å². The van der Waals surface area contributed by atoms with Crippen molar-refractivity contribution >= 4 is 23.5 Å². The average molecular weight is 331 g/mol. The molecule has 2 aromatic rings. The van der Waals surface area contributed by atoms with Crippen LogP contribution in [-0.4, -0.2) is 32.5 Å². The van der Waals surface area contributed by atoms with E-state index in [1.54, 1.807) is 24.3 Å². The van der Waals surface area contributed by atoms with Gasteiger partial charge in [0.25, 0.3) is 0 Å². The number of hydrogen-bond acceptors (Lipinski definition) is 7. The summed E-state index contributed by atoms with van der Waals surface area (Å²) < 4.78 is 0. The second-order valence-electron chi connectivity index (χ2n) is 5.27. The van der Waals surface area contributed by atoms with Crippen LogP contribution in [0.3, 0.4) is 0 Å². The lowest BCUT2D eigenvalue weighted by Gasteiger charge is -2.14. The number of pyridine rings is 1. The Morgan fingerprint density at radius 1 is 1.33 bits per heavy atom. The minimum atomic E-state index is -1.01. The number of nitrogens with one attached hydrogen (secondary N) is 1. The van der Waals surface area contributed by atoms with Crippen molar-refractivity contribution in [2.75, 3.05) is 5.32 Å². The minimum Gasteiger partial charge on any atom is -0.390 e. The fraction of sp³-hybridized carbons (Fsp3) is 0.250. The molecule has 0 aliphatic heterocycles. The van der Waals surface area contributed by atoms with Crippen LogP contribution in [0.1, 0.15) is 24.2 Å². The summed E-state index contributed by atoms with van der Waals surface area (Å²) in [7, 11) is 0. The molecule has 24 heavy (non-hydrogen) atoms. The summed E-state index contributed by atoms with van der Waals surface area (Å²) >= 11 is 0. The maximum absolute atomic E-state index is 11.2. The molecule has 8 heteroatoms. The van der Waals surface area contributed by atoms with Gasteiger partial charge >= 0.3 is 5.69 Å². The fourth-order valence-corrected chi connectivity index (χ4v) is 2.12. The SMILES string of the molecule is CC(O)C(O)c1ccc(Nc2ncc(CC=O)cc2[N+](=O)[O-])cc1. The summed E-state index contributed by atoms with van der Waals surface area (Å²) in [5.74, 6) is 0.0541. The van der Waals surface area contributed by atoms with E-state index in [1.807, 2.05) is 0 Å². The van der Waals surface area contributed by atoms with Gasteiger partial charge in [-0.05, 0) is 30.2 Å². The molecular formula is C16H17N3O5. The van der Waals surface area contributed by atoms with Gasteiger partial charge in [-0.15, -0.1) is 0 Å². The Kier molecular flexibility index (Phi) is 5.56. The van der Waals surface area contributed by atoms with Gasteiger partial charge < -0.3 is 20.3 Å². The molecule has 0 aliphatic carbocycles. The number of hydrogen-bond donors (Lipinski definition) is 3. The molecule has 0 saturated heterocycles. The first kappa shape index (κ1) is 17.5. The quantitative estimate of drug-likeness (QED) is 0.402. The summed E-state index contributed by atoms with van der Waals surface area (Å²) in [5.41, 5.74) is 1.29. The minimum absolute atomic E-state index is 0.0541. The lowest BCUT2D eigenvalue weighted by atomic mass is 10.1. The second-order valence-corrected chi connectivity index (χ2v) is 5.27. The van der Waals surface area contributed by atoms with E-state index in [0.717, 1.165) is 0 Å². The summed E-state index contributed by atoms with van der Waals surface area (Å²) in [6, 6.07) is 7.74. The molecule has 2 rings (SSSR count). The number of nitro groups is 1. The van der Waals surface area contributed by atoms with Gasteiger partial charge in [-0.3, -0.25) is 10.1 Å². The Morgan fingerprint density at radius 3 is 2.54 bits per heavy atom. The number of aromatic nitrogens is 1. The van der Waals surface area contributed by atoms with Crippen molar-refractivity contribution in [3.8, 4) is 0 Å². The van der Waals surface area contributed by atoms with Crippen molar-refractivity contribution in [1.29, 1.82) is 0 Å². The van der Waals surface area contributed by atoms with Gasteiger partial charge in [0.1, 0.15) is 12.4 Å². The molecule has 1 aromatic heterocycles. The molecule has 0 fully saturated rings. The van der Waals surface area contributed by atoms with Crippen LogP contribution in [0, 0.1) is 10.1 Å². The smallest absolute Gasteiger partial charge is 0.312 e. The molecule has 1 heterocycles. The highest BCUT2D eigenvalue weighted by Crippen LogP contribution is 2.27. The summed E-state index contributed by atoms with van der Waals surface area (Å²) in [6.45, 7) is 1.48. The van der Waals surface area contributed by atoms with Crippen LogP contribution in [-0.2, 0) is 11.2 Å². The zero-order valence-electron chi connectivity index (χ0n) is 12.9. The Balaban J connectivity index is 2.24. The van der Waals surface area contributed by atoms with Crippen molar-refractivity contribution in [3.05, 3.63) is 57.8 Å². The normalized spacial score (nSPS) is 13.1. The predicted octanol–water partition coefficient (Wildman–Crippen LogP) is 1.89. The van der Waals surface area contributed by atoms with E-state index in [0.29, 0.717) is 23.1 Å². The van der Waals surface area contributed by atoms with Gasteiger partial charge in [0.05, 0.1) is 11.0 Å². The molecule has 2 unspecified atom stereocenters. The number of nitrogens with zero attached hydrogens (tertiary/aromatic N) is 2. The zero-order valence-corrected chi connectivity index (χ0v) is 12.9. The molecule has 0 saturated carbocycles. The summed E-state index contributed by atoms with van der Waals surface area (Å²) in [6.07, 6.45) is 0.195. The first-order valence-corrected chi connectivity index (χ1v) is 7.22. The van der Waals surface area contributed by atoms with Crippen molar-refractivity contribution in [3.63, 3.8) is 0 Å². The van der Waals surface area contributed by atoms with E-state index in [4.69, 9.17) is 0 Å². The van der Waals surface area contributed by atoms with Crippen LogP contribution in [0.5, 0.6) is 0 Å². The van der Waals surface area contributed by atoms with Crippen LogP contribution in [0.15, 0.2) is 36.5 Å². The van der Waals surface area contributed by atoms with E-state index >= 15 is 0 Å². The second kappa shape index (κ2) is 7.62. The van der Waals surface area contributed by atoms with E-state index in [1.165, 1.54) is 19.2 Å². The monoisotopic (exact) mass is 331 g/mol. The highest BCUT2D eigenvalue weighted by molar-refractivity contribution is 5.67. The fourth-order valence-electron chi connectivity index (χ4n) is 2.12. The summed E-state index contributed by atoms with van der Waals surface area (Å²) in [5, 5.41) is 33.1. The van der Waals surface area contributed by atoms with Gasteiger partial charge in [0.15, 0.2) is 0 Å². The Bertz CT molecular complexity index is 731. The van der Waals surface area contributed by atoms with Crippen LogP contribution < -0.4 is 5.32 Å².